The molecule has 5 rings (SSSR count). The molecule has 4 aliphatic rings. The molecule has 2 fully saturated rings. The maximum absolute atomic E-state index is 13.2. The summed E-state index contributed by atoms with van der Waals surface area (Å²) in [5.41, 5.74) is 5.84. The molecule has 0 amide bonds. The standard InChI is InChI=1S/C26H32FNO2/c1-17-4-3-11-26(2)15-24-21(14-23(17)26)22(25(29)30-24)16-28-12-9-19(10-13-28)18-5-7-20(27)8-6-18/h5-9,21-22,24H,3-4,10-16H2,1-2H3/p+1/t21-,22+,24-,26-/m1/s1. The van der Waals surface area contributed by atoms with Gasteiger partial charge in [-0.2, -0.15) is 0 Å². The van der Waals surface area contributed by atoms with E-state index in [4.69, 9.17) is 4.74 Å². The Morgan fingerprint density at radius 2 is 2.03 bits per heavy atom. The number of hydrogen-bond donors (Lipinski definition) is 1. The van der Waals surface area contributed by atoms with Crippen molar-refractivity contribution in [1.82, 2.24) is 0 Å². The van der Waals surface area contributed by atoms with Gasteiger partial charge in [0, 0.05) is 12.3 Å². The lowest BCUT2D eigenvalue weighted by Gasteiger charge is -2.45. The summed E-state index contributed by atoms with van der Waals surface area (Å²) in [6.45, 7) is 7.50. The lowest BCUT2D eigenvalue weighted by atomic mass is 9.59. The second-order valence-electron chi connectivity index (χ2n) is 10.2. The SMILES string of the molecule is CC1=C2C[C@@H]3[C@H](C[NH+]4CC=C(c5ccc(F)cc5)CC4)C(=O)O[C@@H]3C[C@@]2(C)CCC1. The summed E-state index contributed by atoms with van der Waals surface area (Å²) in [5, 5.41) is 0. The van der Waals surface area contributed by atoms with Crippen LogP contribution in [0, 0.1) is 23.1 Å². The van der Waals surface area contributed by atoms with Crippen molar-refractivity contribution in [3.05, 3.63) is 52.9 Å². The second kappa shape index (κ2) is 7.64. The molecule has 2 aliphatic heterocycles. The molecule has 1 saturated carbocycles. The van der Waals surface area contributed by atoms with E-state index in [2.05, 4.69) is 19.9 Å². The van der Waals surface area contributed by atoms with Gasteiger partial charge in [-0.1, -0.05) is 30.2 Å². The fraction of sp³-hybridized carbons (Fsp3) is 0.577. The van der Waals surface area contributed by atoms with Gasteiger partial charge in [-0.05, 0) is 73.8 Å². The van der Waals surface area contributed by atoms with Gasteiger partial charge in [0.15, 0.2) is 0 Å². The van der Waals surface area contributed by atoms with Crippen molar-refractivity contribution in [2.45, 2.75) is 58.5 Å². The number of halogens is 1. The van der Waals surface area contributed by atoms with Crippen LogP contribution in [-0.4, -0.2) is 31.7 Å². The summed E-state index contributed by atoms with van der Waals surface area (Å²) < 4.78 is 19.1. The largest absolute Gasteiger partial charge is 0.462 e. The molecule has 0 aromatic heterocycles. The molecular formula is C26H33FNO2+. The number of carbonyl (C=O) groups is 1. The van der Waals surface area contributed by atoms with Crippen molar-refractivity contribution < 1.29 is 18.8 Å². The van der Waals surface area contributed by atoms with E-state index in [-0.39, 0.29) is 29.2 Å². The molecule has 0 radical (unpaired) electrons. The zero-order valence-corrected chi connectivity index (χ0v) is 18.2. The van der Waals surface area contributed by atoms with Gasteiger partial charge in [-0.15, -0.1) is 0 Å². The highest BCUT2D eigenvalue weighted by Gasteiger charge is 2.54. The monoisotopic (exact) mass is 410 g/mol. The van der Waals surface area contributed by atoms with Crippen molar-refractivity contribution >= 4 is 11.5 Å². The average Bonchev–Trinajstić information content (AvgIpc) is 3.01. The maximum Gasteiger partial charge on any atom is 0.315 e. The van der Waals surface area contributed by atoms with Crippen LogP contribution in [0.3, 0.4) is 0 Å². The number of ether oxygens (including phenoxy) is 1. The van der Waals surface area contributed by atoms with Crippen LogP contribution in [0.25, 0.3) is 5.57 Å². The van der Waals surface area contributed by atoms with Gasteiger partial charge in [-0.3, -0.25) is 4.79 Å². The predicted molar refractivity (Wildman–Crippen MR) is 115 cm³/mol. The number of benzene rings is 1. The Balaban J connectivity index is 1.28. The third-order valence-electron chi connectivity index (χ3n) is 8.29. The molecule has 0 bridgehead atoms. The molecule has 30 heavy (non-hydrogen) atoms. The molecular weight excluding hydrogens is 377 g/mol. The average molecular weight is 411 g/mol. The first-order valence-corrected chi connectivity index (χ1v) is 11.6. The predicted octanol–water partition coefficient (Wildman–Crippen LogP) is 3.96. The zero-order chi connectivity index (χ0) is 20.9. The molecule has 160 valence electrons. The quantitative estimate of drug-likeness (QED) is 0.604. The van der Waals surface area contributed by atoms with Crippen molar-refractivity contribution in [2.24, 2.45) is 17.3 Å². The summed E-state index contributed by atoms with van der Waals surface area (Å²) in [6.07, 6.45) is 9.13. The number of rotatable bonds is 3. The Morgan fingerprint density at radius 1 is 1.23 bits per heavy atom. The van der Waals surface area contributed by atoms with Gasteiger partial charge in [0.05, 0.1) is 19.6 Å². The first kappa shape index (κ1) is 20.0. The Kier molecular flexibility index (Phi) is 5.09. The number of hydrogen-bond acceptors (Lipinski definition) is 2. The molecule has 3 nitrogen and oxygen atoms in total. The Morgan fingerprint density at radius 3 is 2.77 bits per heavy atom. The molecule has 1 aromatic carbocycles. The Hall–Kier alpha value is -1.94. The van der Waals surface area contributed by atoms with Gasteiger partial charge >= 0.3 is 5.97 Å². The van der Waals surface area contributed by atoms with E-state index in [0.717, 1.165) is 44.5 Å². The van der Waals surface area contributed by atoms with E-state index in [1.165, 1.54) is 41.9 Å². The maximum atomic E-state index is 13.2. The fourth-order valence-corrected chi connectivity index (χ4v) is 6.55. The minimum Gasteiger partial charge on any atom is -0.462 e. The topological polar surface area (TPSA) is 30.7 Å². The second-order valence-corrected chi connectivity index (χ2v) is 10.2. The van der Waals surface area contributed by atoms with Gasteiger partial charge in [-0.25, -0.2) is 4.39 Å². The van der Waals surface area contributed by atoms with E-state index in [1.54, 1.807) is 11.1 Å². The van der Waals surface area contributed by atoms with Crippen LogP contribution < -0.4 is 4.90 Å². The first-order valence-electron chi connectivity index (χ1n) is 11.6. The highest BCUT2D eigenvalue weighted by atomic mass is 19.1. The van der Waals surface area contributed by atoms with Crippen molar-refractivity contribution in [3.63, 3.8) is 0 Å². The van der Waals surface area contributed by atoms with E-state index in [9.17, 15) is 9.18 Å². The number of allylic oxidation sites excluding steroid dienone is 2. The highest BCUT2D eigenvalue weighted by molar-refractivity contribution is 5.75. The number of carbonyl (C=O) groups excluding carboxylic acids is 1. The molecule has 1 unspecified atom stereocenters. The van der Waals surface area contributed by atoms with Crippen LogP contribution in [0.5, 0.6) is 0 Å². The van der Waals surface area contributed by atoms with E-state index in [0.29, 0.717) is 5.92 Å². The van der Waals surface area contributed by atoms with Gasteiger partial charge < -0.3 is 9.64 Å². The molecule has 1 aromatic rings. The van der Waals surface area contributed by atoms with Crippen LogP contribution in [0.4, 0.5) is 4.39 Å². The van der Waals surface area contributed by atoms with Gasteiger partial charge in [0.25, 0.3) is 0 Å². The van der Waals surface area contributed by atoms with Crippen LogP contribution in [0.2, 0.25) is 0 Å². The Bertz CT molecular complexity index is 902. The first-order chi connectivity index (χ1) is 14.4. The summed E-state index contributed by atoms with van der Waals surface area (Å²) in [5.74, 6) is 0.219. The van der Waals surface area contributed by atoms with Crippen molar-refractivity contribution in [2.75, 3.05) is 19.6 Å². The lowest BCUT2D eigenvalue weighted by Crippen LogP contribution is -3.13. The molecule has 1 saturated heterocycles. The third kappa shape index (κ3) is 3.53. The Labute approximate surface area is 179 Å². The molecule has 2 aliphatic carbocycles. The van der Waals surface area contributed by atoms with Crippen LogP contribution in [0.1, 0.15) is 57.9 Å². The van der Waals surface area contributed by atoms with Gasteiger partial charge in [0.2, 0.25) is 0 Å². The normalized spacial score (nSPS) is 36.1. The zero-order valence-electron chi connectivity index (χ0n) is 18.2. The molecule has 5 atom stereocenters. The van der Waals surface area contributed by atoms with E-state index >= 15 is 0 Å². The van der Waals surface area contributed by atoms with Crippen LogP contribution in [-0.2, 0) is 9.53 Å². The third-order valence-corrected chi connectivity index (χ3v) is 8.29. The molecule has 0 spiro atoms. The number of fused-ring (bicyclic) bond motifs is 2. The minimum absolute atomic E-state index is 0.0255. The molecule has 2 heterocycles. The minimum atomic E-state index is -0.191. The highest BCUT2D eigenvalue weighted by Crippen LogP contribution is 2.54. The molecule has 1 N–H and O–H groups in total. The lowest BCUT2D eigenvalue weighted by molar-refractivity contribution is -0.897. The van der Waals surface area contributed by atoms with E-state index < -0.39 is 0 Å². The van der Waals surface area contributed by atoms with Crippen LogP contribution in [0.15, 0.2) is 41.5 Å². The number of esters is 1. The van der Waals surface area contributed by atoms with Crippen molar-refractivity contribution in [1.29, 1.82) is 0 Å². The summed E-state index contributed by atoms with van der Waals surface area (Å²) in [4.78, 5) is 14.3. The van der Waals surface area contributed by atoms with Gasteiger partial charge in [0.1, 0.15) is 17.8 Å². The van der Waals surface area contributed by atoms with E-state index in [1.807, 2.05) is 12.1 Å². The smallest absolute Gasteiger partial charge is 0.315 e. The summed E-state index contributed by atoms with van der Waals surface area (Å²) in [7, 11) is 0. The molecule has 4 heteroatoms. The van der Waals surface area contributed by atoms with Crippen molar-refractivity contribution in [3.8, 4) is 0 Å². The fourth-order valence-electron chi connectivity index (χ4n) is 6.55. The summed E-state index contributed by atoms with van der Waals surface area (Å²) in [6, 6.07) is 6.79. The summed E-state index contributed by atoms with van der Waals surface area (Å²) >= 11 is 0. The number of nitrogens with one attached hydrogen (secondary N) is 1. The van der Waals surface area contributed by atoms with Crippen LogP contribution >= 0.6 is 0 Å². The number of quaternary nitrogens is 1.